The first-order valence-electron chi connectivity index (χ1n) is 5.05. The number of nitrogens with one attached hydrogen (secondary N) is 2. The topological polar surface area (TPSA) is 79.8 Å². The van der Waals surface area contributed by atoms with Crippen LogP contribution in [-0.2, 0) is 9.47 Å². The van der Waals surface area contributed by atoms with E-state index in [1.54, 1.807) is 18.2 Å². The summed E-state index contributed by atoms with van der Waals surface area (Å²) in [5.74, 6) is 0.0117. The summed E-state index contributed by atoms with van der Waals surface area (Å²) in [6.07, 6.45) is -0.495. The number of anilines is 1. The maximum absolute atomic E-state index is 11.5. The van der Waals surface area contributed by atoms with Gasteiger partial charge in [-0.15, -0.1) is 0 Å². The molecule has 6 nitrogen and oxygen atoms in total. The molecule has 0 aliphatic rings. The number of ether oxygens (including phenoxy) is 2. The maximum atomic E-state index is 11.5. The van der Waals surface area contributed by atoms with Crippen LogP contribution in [0.4, 0.5) is 10.5 Å². The zero-order valence-electron chi connectivity index (χ0n) is 9.77. The first-order chi connectivity index (χ1) is 8.17. The maximum Gasteiger partial charge on any atom is 0.319 e. The zero-order chi connectivity index (χ0) is 12.7. The van der Waals surface area contributed by atoms with E-state index in [0.29, 0.717) is 5.69 Å². The minimum atomic E-state index is -0.495. The van der Waals surface area contributed by atoms with Gasteiger partial charge in [0.2, 0.25) is 0 Å². The van der Waals surface area contributed by atoms with Crippen molar-refractivity contribution in [2.24, 2.45) is 0 Å². The first-order valence-corrected chi connectivity index (χ1v) is 5.05. The van der Waals surface area contributed by atoms with Crippen molar-refractivity contribution in [3.05, 3.63) is 24.3 Å². The summed E-state index contributed by atoms with van der Waals surface area (Å²) >= 11 is 0. The van der Waals surface area contributed by atoms with Crippen LogP contribution in [0.5, 0.6) is 5.75 Å². The van der Waals surface area contributed by atoms with Crippen molar-refractivity contribution in [3.63, 3.8) is 0 Å². The fourth-order valence-electron chi connectivity index (χ4n) is 1.18. The lowest BCUT2D eigenvalue weighted by atomic mass is 10.3. The first kappa shape index (κ1) is 13.3. The van der Waals surface area contributed by atoms with E-state index in [9.17, 15) is 9.90 Å². The van der Waals surface area contributed by atoms with Crippen LogP contribution in [0.25, 0.3) is 0 Å². The van der Waals surface area contributed by atoms with Gasteiger partial charge >= 0.3 is 6.03 Å². The lowest BCUT2D eigenvalue weighted by Crippen LogP contribution is -2.36. The molecular formula is C11H16N2O4. The Hall–Kier alpha value is -1.79. The van der Waals surface area contributed by atoms with Gasteiger partial charge in [0, 0.05) is 14.2 Å². The molecular weight excluding hydrogens is 224 g/mol. The van der Waals surface area contributed by atoms with E-state index in [-0.39, 0.29) is 12.3 Å². The summed E-state index contributed by atoms with van der Waals surface area (Å²) in [5, 5.41) is 14.5. The van der Waals surface area contributed by atoms with Crippen LogP contribution >= 0.6 is 0 Å². The quantitative estimate of drug-likeness (QED) is 0.532. The second kappa shape index (κ2) is 6.72. The molecule has 6 heteroatoms. The largest absolute Gasteiger partial charge is 0.506 e. The second-order valence-corrected chi connectivity index (χ2v) is 3.25. The molecule has 0 aliphatic carbocycles. The number of rotatable bonds is 5. The number of hydrogen-bond acceptors (Lipinski definition) is 4. The standard InChI is InChI=1S/C11H16N2O4/c1-16-10(17-2)7-12-11(15)13-8-5-3-4-6-9(8)14/h3-6,10,14H,7H2,1-2H3,(H2,12,13,15). The highest BCUT2D eigenvalue weighted by molar-refractivity contribution is 5.90. The molecule has 2 amide bonds. The van der Waals surface area contributed by atoms with Crippen molar-refractivity contribution in [1.29, 1.82) is 0 Å². The highest BCUT2D eigenvalue weighted by atomic mass is 16.7. The molecule has 1 rings (SSSR count). The van der Waals surface area contributed by atoms with Crippen LogP contribution in [0, 0.1) is 0 Å². The smallest absolute Gasteiger partial charge is 0.319 e. The van der Waals surface area contributed by atoms with Gasteiger partial charge in [0.15, 0.2) is 6.29 Å². The summed E-state index contributed by atoms with van der Waals surface area (Å²) in [4.78, 5) is 11.5. The van der Waals surface area contributed by atoms with Gasteiger partial charge in [-0.1, -0.05) is 12.1 Å². The lowest BCUT2D eigenvalue weighted by Gasteiger charge is -2.14. The number of methoxy groups -OCH3 is 2. The molecule has 0 fully saturated rings. The number of hydrogen-bond donors (Lipinski definition) is 3. The number of carbonyl (C=O) groups excluding carboxylic acids is 1. The Morgan fingerprint density at radius 1 is 1.35 bits per heavy atom. The number of aromatic hydroxyl groups is 1. The molecule has 17 heavy (non-hydrogen) atoms. The molecule has 0 saturated heterocycles. The molecule has 0 aromatic heterocycles. The average Bonchev–Trinajstić information content (AvgIpc) is 2.33. The van der Waals surface area contributed by atoms with Gasteiger partial charge in [-0.2, -0.15) is 0 Å². The van der Waals surface area contributed by atoms with E-state index in [0.717, 1.165) is 0 Å². The molecule has 0 heterocycles. The number of amides is 2. The SMILES string of the molecule is COC(CNC(=O)Nc1ccccc1O)OC. The van der Waals surface area contributed by atoms with E-state index < -0.39 is 12.3 Å². The number of phenols is 1. The van der Waals surface area contributed by atoms with Gasteiger partial charge in [-0.25, -0.2) is 4.79 Å². The van der Waals surface area contributed by atoms with Gasteiger partial charge in [0.05, 0.1) is 12.2 Å². The Morgan fingerprint density at radius 3 is 2.59 bits per heavy atom. The number of para-hydroxylation sites is 2. The van der Waals surface area contributed by atoms with Crippen LogP contribution in [-0.4, -0.2) is 38.2 Å². The summed E-state index contributed by atoms with van der Waals surface area (Å²) < 4.78 is 9.82. The van der Waals surface area contributed by atoms with Gasteiger partial charge in [-0.05, 0) is 12.1 Å². The number of urea groups is 1. The third-order valence-electron chi connectivity index (χ3n) is 2.11. The van der Waals surface area contributed by atoms with Crippen LogP contribution in [0.3, 0.4) is 0 Å². The zero-order valence-corrected chi connectivity index (χ0v) is 9.77. The minimum Gasteiger partial charge on any atom is -0.506 e. The van der Waals surface area contributed by atoms with Crippen LogP contribution in [0.1, 0.15) is 0 Å². The normalized spacial score (nSPS) is 10.3. The van der Waals surface area contributed by atoms with Crippen molar-refractivity contribution in [2.45, 2.75) is 6.29 Å². The fraction of sp³-hybridized carbons (Fsp3) is 0.364. The number of benzene rings is 1. The van der Waals surface area contributed by atoms with Crippen molar-refractivity contribution in [2.75, 3.05) is 26.1 Å². The molecule has 1 aromatic rings. The monoisotopic (exact) mass is 240 g/mol. The Balaban J connectivity index is 2.42. The molecule has 0 bridgehead atoms. The summed E-state index contributed by atoms with van der Waals surface area (Å²) in [6, 6.07) is 6.03. The van der Waals surface area contributed by atoms with Crippen molar-refractivity contribution < 1.29 is 19.4 Å². The van der Waals surface area contributed by atoms with Crippen LogP contribution in [0.15, 0.2) is 24.3 Å². The van der Waals surface area contributed by atoms with Gasteiger partial charge in [0.1, 0.15) is 5.75 Å². The molecule has 0 atom stereocenters. The molecule has 0 aliphatic heterocycles. The number of carbonyl (C=O) groups is 1. The molecule has 3 N–H and O–H groups in total. The lowest BCUT2D eigenvalue weighted by molar-refractivity contribution is -0.0970. The molecule has 0 unspecified atom stereocenters. The number of phenolic OH excluding ortho intramolecular Hbond substituents is 1. The molecule has 0 saturated carbocycles. The molecule has 0 radical (unpaired) electrons. The van der Waals surface area contributed by atoms with Crippen molar-refractivity contribution >= 4 is 11.7 Å². The van der Waals surface area contributed by atoms with Gasteiger partial charge < -0.3 is 25.2 Å². The Labute approximate surface area is 99.5 Å². The Bertz CT molecular complexity index is 366. The highest BCUT2D eigenvalue weighted by Crippen LogP contribution is 2.20. The highest BCUT2D eigenvalue weighted by Gasteiger charge is 2.08. The van der Waals surface area contributed by atoms with E-state index in [1.807, 2.05) is 0 Å². The third-order valence-corrected chi connectivity index (χ3v) is 2.11. The van der Waals surface area contributed by atoms with E-state index >= 15 is 0 Å². The van der Waals surface area contributed by atoms with E-state index in [4.69, 9.17) is 9.47 Å². The predicted molar refractivity (Wildman–Crippen MR) is 62.9 cm³/mol. The van der Waals surface area contributed by atoms with Crippen molar-refractivity contribution in [1.82, 2.24) is 5.32 Å². The summed E-state index contributed by atoms with van der Waals surface area (Å²) in [7, 11) is 2.97. The van der Waals surface area contributed by atoms with Crippen LogP contribution < -0.4 is 10.6 Å². The van der Waals surface area contributed by atoms with E-state index in [1.165, 1.54) is 20.3 Å². The predicted octanol–water partition coefficient (Wildman–Crippen LogP) is 1.13. The summed E-state index contributed by atoms with van der Waals surface area (Å²) in [6.45, 7) is 0.215. The van der Waals surface area contributed by atoms with Gasteiger partial charge in [-0.3, -0.25) is 0 Å². The summed E-state index contributed by atoms with van der Waals surface area (Å²) in [5.41, 5.74) is 0.344. The molecule has 1 aromatic carbocycles. The second-order valence-electron chi connectivity index (χ2n) is 3.25. The Kier molecular flexibility index (Phi) is 5.25. The molecule has 0 spiro atoms. The van der Waals surface area contributed by atoms with Gasteiger partial charge in [0.25, 0.3) is 0 Å². The minimum absolute atomic E-state index is 0.0117. The van der Waals surface area contributed by atoms with Crippen LogP contribution in [0.2, 0.25) is 0 Å². The van der Waals surface area contributed by atoms with Crippen molar-refractivity contribution in [3.8, 4) is 5.75 Å². The van der Waals surface area contributed by atoms with E-state index in [2.05, 4.69) is 10.6 Å². The Morgan fingerprint density at radius 2 is 2.00 bits per heavy atom. The average molecular weight is 240 g/mol. The third kappa shape index (κ3) is 4.29. The fourth-order valence-corrected chi connectivity index (χ4v) is 1.18. The molecule has 94 valence electrons.